The first-order chi connectivity index (χ1) is 10.9. The molecule has 1 rings (SSSR count). The van der Waals surface area contributed by atoms with E-state index in [1.165, 1.54) is 0 Å². The fourth-order valence-corrected chi connectivity index (χ4v) is 2.71. The molecule has 1 aromatic rings. The average Bonchev–Trinajstić information content (AvgIpc) is 2.85. The molecule has 5 nitrogen and oxygen atoms in total. The molecule has 0 unspecified atom stereocenters. The van der Waals surface area contributed by atoms with Crippen LogP contribution in [0, 0.1) is 13.8 Å². The van der Waals surface area contributed by atoms with Gasteiger partial charge in [0.2, 0.25) is 5.91 Å². The number of nitrogens with zero attached hydrogens (tertiary/aromatic N) is 2. The van der Waals surface area contributed by atoms with Crippen LogP contribution in [-0.2, 0) is 4.79 Å². The Morgan fingerprint density at radius 1 is 1.00 bits per heavy atom. The molecule has 5 heteroatoms. The number of hydrogen-bond acceptors (Lipinski definition) is 3. The minimum Gasteiger partial charge on any atom is -0.466 e. The van der Waals surface area contributed by atoms with Crippen molar-refractivity contribution in [2.45, 2.75) is 53.9 Å². The van der Waals surface area contributed by atoms with Gasteiger partial charge in [0.25, 0.3) is 5.91 Å². The first-order valence-electron chi connectivity index (χ1n) is 8.58. The Kier molecular flexibility index (Phi) is 7.86. The maximum absolute atomic E-state index is 12.6. The van der Waals surface area contributed by atoms with Crippen molar-refractivity contribution < 1.29 is 14.0 Å². The van der Waals surface area contributed by atoms with E-state index in [1.807, 2.05) is 18.7 Å². The van der Waals surface area contributed by atoms with Crippen molar-refractivity contribution in [1.82, 2.24) is 9.80 Å². The Hall–Kier alpha value is -1.78. The number of carbonyl (C=O) groups is 2. The number of hydrogen-bond donors (Lipinski definition) is 0. The first kappa shape index (κ1) is 19.3. The van der Waals surface area contributed by atoms with Gasteiger partial charge < -0.3 is 14.2 Å². The summed E-state index contributed by atoms with van der Waals surface area (Å²) in [7, 11) is 0. The maximum Gasteiger partial charge on any atom is 0.257 e. The van der Waals surface area contributed by atoms with Crippen LogP contribution in [0.4, 0.5) is 0 Å². The van der Waals surface area contributed by atoms with E-state index in [0.717, 1.165) is 31.7 Å². The van der Waals surface area contributed by atoms with Gasteiger partial charge in [0.05, 0.1) is 5.56 Å². The SMILES string of the molecule is CCCN(CCC)C(=O)CCN(CC)C(=O)c1cc(C)oc1C. The maximum atomic E-state index is 12.6. The first-order valence-corrected chi connectivity index (χ1v) is 8.58. The van der Waals surface area contributed by atoms with Crippen molar-refractivity contribution in [3.63, 3.8) is 0 Å². The fourth-order valence-electron chi connectivity index (χ4n) is 2.71. The minimum absolute atomic E-state index is 0.0628. The van der Waals surface area contributed by atoms with E-state index >= 15 is 0 Å². The third-order valence-electron chi connectivity index (χ3n) is 3.88. The Morgan fingerprint density at radius 2 is 1.61 bits per heavy atom. The zero-order valence-corrected chi connectivity index (χ0v) is 15.1. The number of carbonyl (C=O) groups excluding carboxylic acids is 2. The van der Waals surface area contributed by atoms with Gasteiger partial charge in [-0.3, -0.25) is 9.59 Å². The molecule has 0 saturated heterocycles. The quantitative estimate of drug-likeness (QED) is 0.700. The summed E-state index contributed by atoms with van der Waals surface area (Å²) >= 11 is 0. The van der Waals surface area contributed by atoms with Crippen molar-refractivity contribution in [2.75, 3.05) is 26.2 Å². The predicted octanol–water partition coefficient (Wildman–Crippen LogP) is 3.40. The Balaban J connectivity index is 2.67. The molecular formula is C18H30N2O3. The zero-order chi connectivity index (χ0) is 17.4. The normalized spacial score (nSPS) is 10.7. The Morgan fingerprint density at radius 3 is 2.04 bits per heavy atom. The molecule has 0 aliphatic carbocycles. The summed E-state index contributed by atoms with van der Waals surface area (Å²) in [4.78, 5) is 28.5. The second kappa shape index (κ2) is 9.38. The Bertz CT molecular complexity index is 516. The molecule has 0 fully saturated rings. The summed E-state index contributed by atoms with van der Waals surface area (Å²) in [6.07, 6.45) is 2.28. The van der Waals surface area contributed by atoms with Gasteiger partial charge in [-0.05, 0) is 39.7 Å². The summed E-state index contributed by atoms with van der Waals surface area (Å²) in [5.74, 6) is 1.43. The highest BCUT2D eigenvalue weighted by atomic mass is 16.3. The van der Waals surface area contributed by atoms with Gasteiger partial charge in [0.1, 0.15) is 11.5 Å². The van der Waals surface area contributed by atoms with Crippen LogP contribution < -0.4 is 0 Å². The van der Waals surface area contributed by atoms with Crippen LogP contribution in [0.3, 0.4) is 0 Å². The highest BCUT2D eigenvalue weighted by Gasteiger charge is 2.21. The van der Waals surface area contributed by atoms with Crippen LogP contribution in [0.5, 0.6) is 0 Å². The molecule has 0 aliphatic heterocycles. The minimum atomic E-state index is -0.0628. The lowest BCUT2D eigenvalue weighted by molar-refractivity contribution is -0.131. The molecule has 0 bridgehead atoms. The van der Waals surface area contributed by atoms with Crippen LogP contribution in [0.15, 0.2) is 10.5 Å². The molecule has 1 heterocycles. The molecule has 0 aliphatic rings. The highest BCUT2D eigenvalue weighted by molar-refractivity contribution is 5.95. The fraction of sp³-hybridized carbons (Fsp3) is 0.667. The molecule has 1 aromatic heterocycles. The van der Waals surface area contributed by atoms with E-state index < -0.39 is 0 Å². The van der Waals surface area contributed by atoms with E-state index in [2.05, 4.69) is 13.8 Å². The standard InChI is InChI=1S/C18H30N2O3/c1-6-10-20(11-7-2)17(21)9-12-19(8-3)18(22)16-13-14(4)23-15(16)5/h13H,6-12H2,1-5H3. The van der Waals surface area contributed by atoms with Gasteiger partial charge in [0, 0.05) is 32.6 Å². The zero-order valence-electron chi connectivity index (χ0n) is 15.1. The second-order valence-electron chi connectivity index (χ2n) is 5.84. The molecule has 0 atom stereocenters. The van der Waals surface area contributed by atoms with Crippen LogP contribution >= 0.6 is 0 Å². The summed E-state index contributed by atoms with van der Waals surface area (Å²) < 4.78 is 5.44. The van der Waals surface area contributed by atoms with Crippen molar-refractivity contribution in [2.24, 2.45) is 0 Å². The molecule has 0 saturated carbocycles. The van der Waals surface area contributed by atoms with Gasteiger partial charge in [-0.1, -0.05) is 13.8 Å². The lowest BCUT2D eigenvalue weighted by Gasteiger charge is -2.24. The summed E-state index contributed by atoms with van der Waals surface area (Å²) in [5.41, 5.74) is 0.593. The highest BCUT2D eigenvalue weighted by Crippen LogP contribution is 2.16. The van der Waals surface area contributed by atoms with Gasteiger partial charge in [-0.2, -0.15) is 0 Å². The van der Waals surface area contributed by atoms with Crippen molar-refractivity contribution in [3.8, 4) is 0 Å². The number of furan rings is 1. The molecule has 23 heavy (non-hydrogen) atoms. The van der Waals surface area contributed by atoms with Crippen LogP contribution in [0.1, 0.15) is 61.9 Å². The number of amides is 2. The Labute approximate surface area is 139 Å². The van der Waals surface area contributed by atoms with Crippen molar-refractivity contribution in [1.29, 1.82) is 0 Å². The van der Waals surface area contributed by atoms with Crippen LogP contribution in [0.2, 0.25) is 0 Å². The van der Waals surface area contributed by atoms with Gasteiger partial charge >= 0.3 is 0 Å². The topological polar surface area (TPSA) is 53.8 Å². The lowest BCUT2D eigenvalue weighted by Crippen LogP contribution is -2.37. The predicted molar refractivity (Wildman–Crippen MR) is 91.5 cm³/mol. The third-order valence-corrected chi connectivity index (χ3v) is 3.88. The van der Waals surface area contributed by atoms with E-state index in [-0.39, 0.29) is 11.8 Å². The molecule has 0 N–H and O–H groups in total. The smallest absolute Gasteiger partial charge is 0.257 e. The molecule has 0 spiro atoms. The molecule has 0 radical (unpaired) electrons. The lowest BCUT2D eigenvalue weighted by atomic mass is 10.2. The van der Waals surface area contributed by atoms with Crippen LogP contribution in [-0.4, -0.2) is 47.8 Å². The van der Waals surface area contributed by atoms with Gasteiger partial charge in [0.15, 0.2) is 0 Å². The average molecular weight is 322 g/mol. The van der Waals surface area contributed by atoms with Gasteiger partial charge in [-0.15, -0.1) is 0 Å². The summed E-state index contributed by atoms with van der Waals surface area (Å²) in [6, 6.07) is 1.77. The van der Waals surface area contributed by atoms with Gasteiger partial charge in [-0.25, -0.2) is 0 Å². The van der Waals surface area contributed by atoms with E-state index in [1.54, 1.807) is 17.9 Å². The van der Waals surface area contributed by atoms with Crippen LogP contribution in [0.25, 0.3) is 0 Å². The van der Waals surface area contributed by atoms with E-state index in [4.69, 9.17) is 4.42 Å². The largest absolute Gasteiger partial charge is 0.466 e. The number of aryl methyl sites for hydroxylation is 2. The summed E-state index contributed by atoms with van der Waals surface area (Å²) in [5, 5.41) is 0. The molecular weight excluding hydrogens is 292 g/mol. The van der Waals surface area contributed by atoms with E-state index in [9.17, 15) is 9.59 Å². The second-order valence-corrected chi connectivity index (χ2v) is 5.84. The monoisotopic (exact) mass is 322 g/mol. The van der Waals surface area contributed by atoms with Crippen molar-refractivity contribution in [3.05, 3.63) is 23.2 Å². The third kappa shape index (κ3) is 5.41. The summed E-state index contributed by atoms with van der Waals surface area (Å²) in [6.45, 7) is 12.3. The number of rotatable bonds is 9. The molecule has 0 aromatic carbocycles. The molecule has 2 amide bonds. The molecule has 130 valence electrons. The van der Waals surface area contributed by atoms with Crippen molar-refractivity contribution >= 4 is 11.8 Å². The van der Waals surface area contributed by atoms with E-state index in [0.29, 0.717) is 30.8 Å².